The van der Waals surface area contributed by atoms with Crippen LogP contribution < -0.4 is 5.32 Å². The summed E-state index contributed by atoms with van der Waals surface area (Å²) in [7, 11) is 0. The second kappa shape index (κ2) is 9.78. The number of fused-ring (bicyclic) bond motifs is 2. The number of piperidine rings is 1. The van der Waals surface area contributed by atoms with Crippen LogP contribution in [0.15, 0.2) is 89.3 Å². The molecule has 6 heteroatoms. The number of amides is 1. The Labute approximate surface area is 221 Å². The van der Waals surface area contributed by atoms with E-state index in [9.17, 15) is 14.4 Å². The number of nitrogens with zero attached hydrogens (tertiary/aromatic N) is 1. The van der Waals surface area contributed by atoms with Crippen molar-refractivity contribution >= 4 is 23.7 Å². The van der Waals surface area contributed by atoms with Crippen LogP contribution in [0.4, 0.5) is 5.69 Å². The molecule has 0 bridgehead atoms. The Morgan fingerprint density at radius 1 is 0.921 bits per heavy atom. The number of benzene rings is 3. The predicted molar refractivity (Wildman–Crippen MR) is 146 cm³/mol. The summed E-state index contributed by atoms with van der Waals surface area (Å²) in [6.45, 7) is 2.09. The molecule has 38 heavy (non-hydrogen) atoms. The van der Waals surface area contributed by atoms with Gasteiger partial charge in [0, 0.05) is 53.8 Å². The Bertz CT molecular complexity index is 1510. The van der Waals surface area contributed by atoms with Gasteiger partial charge in [-0.3, -0.25) is 14.4 Å². The van der Waals surface area contributed by atoms with E-state index in [1.54, 1.807) is 30.3 Å². The van der Waals surface area contributed by atoms with Crippen molar-refractivity contribution in [1.29, 1.82) is 0 Å². The molecule has 1 N–H and O–H groups in total. The van der Waals surface area contributed by atoms with E-state index in [2.05, 4.69) is 11.4 Å². The van der Waals surface area contributed by atoms with Gasteiger partial charge in [0.15, 0.2) is 17.8 Å². The molecule has 2 aliphatic rings. The second-order valence-corrected chi connectivity index (χ2v) is 10.1. The average molecular weight is 505 g/mol. The number of Topliss-reactive ketones (excluding diaryl/α,β-unsaturated/α-hetero) is 1. The Morgan fingerprint density at radius 3 is 2.47 bits per heavy atom. The summed E-state index contributed by atoms with van der Waals surface area (Å²) >= 11 is 0. The number of hydrogen-bond donors (Lipinski definition) is 1. The zero-order valence-corrected chi connectivity index (χ0v) is 21.0. The van der Waals surface area contributed by atoms with Crippen molar-refractivity contribution in [2.45, 2.75) is 24.7 Å². The van der Waals surface area contributed by atoms with E-state index in [-0.39, 0.29) is 23.5 Å². The first-order valence-corrected chi connectivity index (χ1v) is 13.0. The lowest BCUT2D eigenvalue weighted by Crippen LogP contribution is -2.46. The molecule has 1 fully saturated rings. The molecule has 6 nitrogen and oxygen atoms in total. The molecule has 4 aromatic rings. The van der Waals surface area contributed by atoms with Crippen LogP contribution in [0.1, 0.15) is 55.2 Å². The van der Waals surface area contributed by atoms with E-state index >= 15 is 0 Å². The molecule has 1 aromatic heterocycles. The third-order valence-electron chi connectivity index (χ3n) is 7.91. The van der Waals surface area contributed by atoms with Gasteiger partial charge < -0.3 is 14.6 Å². The van der Waals surface area contributed by atoms with E-state index in [1.807, 2.05) is 53.4 Å². The highest BCUT2D eigenvalue weighted by atomic mass is 16.4. The second-order valence-electron chi connectivity index (χ2n) is 10.1. The van der Waals surface area contributed by atoms with Gasteiger partial charge in [0.25, 0.3) is 5.91 Å². The van der Waals surface area contributed by atoms with Gasteiger partial charge in [-0.15, -0.1) is 0 Å². The SMILES string of the molecule is O=Cc1ccccc1C(=O)Cc1ccc2c(c1)C1(CCN(C(=O)c3ccc(-c4ccccc4)o3)CC1)CN2. The van der Waals surface area contributed by atoms with Crippen LogP contribution >= 0.6 is 0 Å². The fourth-order valence-corrected chi connectivity index (χ4v) is 5.74. The van der Waals surface area contributed by atoms with Crippen molar-refractivity contribution in [3.8, 4) is 11.3 Å². The Kier molecular flexibility index (Phi) is 6.16. The maximum Gasteiger partial charge on any atom is 0.289 e. The maximum atomic E-state index is 13.2. The molecule has 0 radical (unpaired) electrons. The minimum atomic E-state index is -0.0820. The number of hydrogen-bond acceptors (Lipinski definition) is 5. The minimum Gasteiger partial charge on any atom is -0.451 e. The first-order valence-electron chi connectivity index (χ1n) is 13.0. The van der Waals surface area contributed by atoms with Crippen LogP contribution in [-0.2, 0) is 11.8 Å². The summed E-state index contributed by atoms with van der Waals surface area (Å²) in [6.07, 6.45) is 2.63. The van der Waals surface area contributed by atoms with Crippen molar-refractivity contribution < 1.29 is 18.8 Å². The molecule has 1 spiro atoms. The van der Waals surface area contributed by atoms with Crippen LogP contribution in [0.2, 0.25) is 0 Å². The molecule has 6 rings (SSSR count). The molecule has 3 heterocycles. The van der Waals surface area contributed by atoms with E-state index in [1.165, 1.54) is 5.56 Å². The molecule has 0 saturated carbocycles. The highest BCUT2D eigenvalue weighted by Gasteiger charge is 2.42. The smallest absolute Gasteiger partial charge is 0.289 e. The fraction of sp³-hybridized carbons (Fsp3) is 0.219. The standard InChI is InChI=1S/C32H28N2O4/c35-20-24-8-4-5-9-25(24)28(36)19-22-10-11-27-26(18-22)32(21-33-27)14-16-34(17-15-32)31(37)30-13-12-29(38-30)23-6-2-1-3-7-23/h1-13,18,20,33H,14-17,19,21H2. The lowest BCUT2D eigenvalue weighted by molar-refractivity contribution is 0.0645. The van der Waals surface area contributed by atoms with Gasteiger partial charge in [0.1, 0.15) is 5.76 Å². The number of furan rings is 1. The molecular weight excluding hydrogens is 476 g/mol. The topological polar surface area (TPSA) is 79.6 Å². The highest BCUT2D eigenvalue weighted by molar-refractivity contribution is 6.03. The number of likely N-dealkylation sites (tertiary alicyclic amines) is 1. The third-order valence-corrected chi connectivity index (χ3v) is 7.91. The number of aldehydes is 1. The minimum absolute atomic E-state index is 0.0682. The van der Waals surface area contributed by atoms with E-state index in [4.69, 9.17) is 4.42 Å². The summed E-state index contributed by atoms with van der Waals surface area (Å²) in [5.41, 5.74) is 4.97. The van der Waals surface area contributed by atoms with Gasteiger partial charge >= 0.3 is 0 Å². The van der Waals surface area contributed by atoms with Gasteiger partial charge in [-0.25, -0.2) is 0 Å². The highest BCUT2D eigenvalue weighted by Crippen LogP contribution is 2.44. The van der Waals surface area contributed by atoms with Crippen LogP contribution in [0.5, 0.6) is 0 Å². The fourth-order valence-electron chi connectivity index (χ4n) is 5.74. The molecule has 190 valence electrons. The van der Waals surface area contributed by atoms with Crippen LogP contribution in [0.3, 0.4) is 0 Å². The number of rotatable bonds is 6. The Hall–Kier alpha value is -4.45. The summed E-state index contributed by atoms with van der Waals surface area (Å²) in [5.74, 6) is 0.901. The lowest BCUT2D eigenvalue weighted by Gasteiger charge is -2.39. The lowest BCUT2D eigenvalue weighted by atomic mass is 9.73. The van der Waals surface area contributed by atoms with Crippen LogP contribution in [-0.4, -0.2) is 42.5 Å². The van der Waals surface area contributed by atoms with E-state index < -0.39 is 0 Å². The molecule has 1 saturated heterocycles. The third kappa shape index (κ3) is 4.32. The van der Waals surface area contributed by atoms with E-state index in [0.717, 1.165) is 42.5 Å². The van der Waals surface area contributed by atoms with Gasteiger partial charge in [-0.1, -0.05) is 66.7 Å². The maximum absolute atomic E-state index is 13.2. The molecule has 1 amide bonds. The van der Waals surface area contributed by atoms with Gasteiger partial charge in [0.2, 0.25) is 0 Å². The summed E-state index contributed by atoms with van der Waals surface area (Å²) in [6, 6.07) is 26.4. The molecule has 0 aliphatic carbocycles. The summed E-state index contributed by atoms with van der Waals surface area (Å²) in [5, 5.41) is 3.54. The zero-order valence-electron chi connectivity index (χ0n) is 21.0. The van der Waals surface area contributed by atoms with Crippen molar-refractivity contribution in [3.05, 3.63) is 113 Å². The van der Waals surface area contributed by atoms with Crippen molar-refractivity contribution in [2.24, 2.45) is 0 Å². The van der Waals surface area contributed by atoms with Crippen LogP contribution in [0, 0.1) is 0 Å². The molecule has 3 aromatic carbocycles. The Balaban J connectivity index is 1.16. The molecule has 2 aliphatic heterocycles. The number of carbonyl (C=O) groups is 3. The first-order chi connectivity index (χ1) is 18.6. The van der Waals surface area contributed by atoms with Crippen molar-refractivity contribution in [2.75, 3.05) is 25.0 Å². The number of anilines is 1. The van der Waals surface area contributed by atoms with Crippen molar-refractivity contribution in [1.82, 2.24) is 4.90 Å². The predicted octanol–water partition coefficient (Wildman–Crippen LogP) is 5.78. The summed E-state index contributed by atoms with van der Waals surface area (Å²) in [4.78, 5) is 39.4. The quantitative estimate of drug-likeness (QED) is 0.266. The van der Waals surface area contributed by atoms with Gasteiger partial charge in [-0.2, -0.15) is 0 Å². The summed E-state index contributed by atoms with van der Waals surface area (Å²) < 4.78 is 5.91. The molecular formula is C32H28N2O4. The number of ketones is 1. The largest absolute Gasteiger partial charge is 0.451 e. The van der Waals surface area contributed by atoms with Crippen molar-refractivity contribution in [3.63, 3.8) is 0 Å². The van der Waals surface area contributed by atoms with Crippen LogP contribution in [0.25, 0.3) is 11.3 Å². The molecule has 0 atom stereocenters. The molecule has 0 unspecified atom stereocenters. The van der Waals surface area contributed by atoms with E-state index in [0.29, 0.717) is 35.7 Å². The normalized spacial score (nSPS) is 15.6. The van der Waals surface area contributed by atoms with Gasteiger partial charge in [-0.05, 0) is 42.2 Å². The number of nitrogens with one attached hydrogen (secondary N) is 1. The van der Waals surface area contributed by atoms with Gasteiger partial charge in [0.05, 0.1) is 0 Å². The average Bonchev–Trinajstić information content (AvgIpc) is 3.60. The monoisotopic (exact) mass is 504 g/mol. The Morgan fingerprint density at radius 2 is 1.68 bits per heavy atom. The zero-order chi connectivity index (χ0) is 26.1. The first kappa shape index (κ1) is 23.9. The number of carbonyl (C=O) groups excluding carboxylic acids is 3.